The predicted octanol–water partition coefficient (Wildman–Crippen LogP) is 1.91. The van der Waals surface area contributed by atoms with Crippen molar-refractivity contribution in [1.29, 1.82) is 0 Å². The van der Waals surface area contributed by atoms with Gasteiger partial charge in [0.2, 0.25) is 15.9 Å². The molecule has 29 heavy (non-hydrogen) atoms. The fraction of sp³-hybridized carbons (Fsp3) is 0.421. The third-order valence-electron chi connectivity index (χ3n) is 4.84. The minimum absolute atomic E-state index is 0.00975. The lowest BCUT2D eigenvalue weighted by molar-refractivity contribution is -0.119. The lowest BCUT2D eigenvalue weighted by atomic mass is 10.0. The first kappa shape index (κ1) is 20.8. The third-order valence-corrected chi connectivity index (χ3v) is 6.84. The Kier molecular flexibility index (Phi) is 5.92. The van der Waals surface area contributed by atoms with E-state index in [1.165, 1.54) is 4.52 Å². The van der Waals surface area contributed by atoms with Crippen molar-refractivity contribution in [3.05, 3.63) is 52.8 Å². The highest BCUT2D eigenvalue weighted by atomic mass is 32.2. The zero-order valence-corrected chi connectivity index (χ0v) is 17.6. The molecule has 0 spiro atoms. The van der Waals surface area contributed by atoms with Crippen LogP contribution in [0.5, 0.6) is 0 Å². The second-order valence-electron chi connectivity index (χ2n) is 7.30. The molecule has 1 atom stereocenters. The van der Waals surface area contributed by atoms with Gasteiger partial charge in [-0.05, 0) is 47.7 Å². The molecule has 1 aromatic carbocycles. The summed E-state index contributed by atoms with van der Waals surface area (Å²) in [5.41, 5.74) is 2.96. The summed E-state index contributed by atoms with van der Waals surface area (Å²) in [5, 5.41) is 10.5. The van der Waals surface area contributed by atoms with Crippen LogP contribution >= 0.6 is 0 Å². The molecular formula is C19H24N6O3S. The van der Waals surface area contributed by atoms with Gasteiger partial charge >= 0.3 is 0 Å². The van der Waals surface area contributed by atoms with Gasteiger partial charge in [0.15, 0.2) is 0 Å². The standard InChI is InChI=1S/C19H24N6O3S/c1-12(2)18(15-8-6-5-7-9-15)29(27,28)22-17(26)11-10-16-13(3)20-19-21-23-24-25(19)14(16)4/h5-9,12,18H,10-11H2,1-4H3,(H,22,26). The number of sulfonamides is 1. The van der Waals surface area contributed by atoms with Gasteiger partial charge in [-0.15, -0.1) is 0 Å². The van der Waals surface area contributed by atoms with Gasteiger partial charge in [-0.1, -0.05) is 49.3 Å². The predicted molar refractivity (Wildman–Crippen MR) is 107 cm³/mol. The van der Waals surface area contributed by atoms with Crippen LogP contribution in [0.3, 0.4) is 0 Å². The van der Waals surface area contributed by atoms with Gasteiger partial charge in [-0.25, -0.2) is 13.4 Å². The van der Waals surface area contributed by atoms with E-state index in [1.807, 2.05) is 33.8 Å². The van der Waals surface area contributed by atoms with Crippen LogP contribution < -0.4 is 4.72 Å². The molecular weight excluding hydrogens is 392 g/mol. The Morgan fingerprint density at radius 3 is 2.52 bits per heavy atom. The first-order valence-electron chi connectivity index (χ1n) is 9.34. The van der Waals surface area contributed by atoms with Gasteiger partial charge < -0.3 is 0 Å². The third kappa shape index (κ3) is 4.42. The van der Waals surface area contributed by atoms with Crippen molar-refractivity contribution in [2.75, 3.05) is 0 Å². The summed E-state index contributed by atoms with van der Waals surface area (Å²) in [6.45, 7) is 7.30. The molecule has 0 aliphatic carbocycles. The van der Waals surface area contributed by atoms with Crippen molar-refractivity contribution in [2.24, 2.45) is 5.92 Å². The van der Waals surface area contributed by atoms with Crippen LogP contribution in [0.2, 0.25) is 0 Å². The maximum absolute atomic E-state index is 12.9. The van der Waals surface area contributed by atoms with Crippen molar-refractivity contribution in [1.82, 2.24) is 29.7 Å². The van der Waals surface area contributed by atoms with Crippen LogP contribution in [0, 0.1) is 19.8 Å². The number of rotatable bonds is 7. The molecule has 1 N–H and O–H groups in total. The van der Waals surface area contributed by atoms with Gasteiger partial charge in [0.25, 0.3) is 5.78 Å². The van der Waals surface area contributed by atoms with Crippen LogP contribution in [0.1, 0.15) is 48.0 Å². The van der Waals surface area contributed by atoms with E-state index in [-0.39, 0.29) is 12.3 Å². The summed E-state index contributed by atoms with van der Waals surface area (Å²) < 4.78 is 29.5. The van der Waals surface area contributed by atoms with Crippen LogP contribution in [-0.4, -0.2) is 39.3 Å². The summed E-state index contributed by atoms with van der Waals surface area (Å²) in [5.74, 6) is -0.362. The Morgan fingerprint density at radius 1 is 1.17 bits per heavy atom. The molecule has 9 nitrogen and oxygen atoms in total. The minimum atomic E-state index is -3.88. The van der Waals surface area contributed by atoms with E-state index >= 15 is 0 Å². The quantitative estimate of drug-likeness (QED) is 0.625. The number of carbonyl (C=O) groups is 1. The van der Waals surface area contributed by atoms with Gasteiger partial charge in [-0.3, -0.25) is 9.52 Å². The number of benzene rings is 1. The van der Waals surface area contributed by atoms with Crippen LogP contribution in [-0.2, 0) is 21.2 Å². The van der Waals surface area contributed by atoms with Crippen LogP contribution in [0.4, 0.5) is 0 Å². The molecule has 154 valence electrons. The summed E-state index contributed by atoms with van der Waals surface area (Å²) >= 11 is 0. The van der Waals surface area contributed by atoms with E-state index in [4.69, 9.17) is 0 Å². The number of fused-ring (bicyclic) bond motifs is 1. The summed E-state index contributed by atoms with van der Waals surface area (Å²) in [6.07, 6.45) is 0.343. The fourth-order valence-corrected chi connectivity index (χ4v) is 5.29. The molecule has 2 heterocycles. The minimum Gasteiger partial charge on any atom is -0.274 e. The molecule has 3 aromatic rings. The highest BCUT2D eigenvalue weighted by molar-refractivity contribution is 7.90. The first-order chi connectivity index (χ1) is 13.7. The van der Waals surface area contributed by atoms with Crippen LogP contribution in [0.15, 0.2) is 30.3 Å². The maximum atomic E-state index is 12.9. The van der Waals surface area contributed by atoms with E-state index < -0.39 is 21.2 Å². The van der Waals surface area contributed by atoms with Crippen molar-refractivity contribution >= 4 is 21.7 Å². The molecule has 1 amide bonds. The highest BCUT2D eigenvalue weighted by Crippen LogP contribution is 2.29. The fourth-order valence-electron chi connectivity index (χ4n) is 3.51. The Morgan fingerprint density at radius 2 is 1.86 bits per heavy atom. The number of tetrazole rings is 1. The van der Waals surface area contributed by atoms with Crippen molar-refractivity contribution in [2.45, 2.75) is 45.8 Å². The molecule has 0 fully saturated rings. The smallest absolute Gasteiger partial charge is 0.273 e. The van der Waals surface area contributed by atoms with E-state index in [0.29, 0.717) is 23.5 Å². The molecule has 0 saturated carbocycles. The zero-order chi connectivity index (χ0) is 21.2. The monoisotopic (exact) mass is 416 g/mol. The summed E-state index contributed by atoms with van der Waals surface area (Å²) in [6, 6.07) is 8.92. The number of aromatic nitrogens is 5. The Labute approximate surface area is 169 Å². The van der Waals surface area contributed by atoms with Crippen molar-refractivity contribution in [3.63, 3.8) is 0 Å². The maximum Gasteiger partial charge on any atom is 0.273 e. The molecule has 1 unspecified atom stereocenters. The molecule has 0 aliphatic rings. The van der Waals surface area contributed by atoms with Gasteiger partial charge in [0, 0.05) is 17.8 Å². The number of nitrogens with zero attached hydrogens (tertiary/aromatic N) is 5. The molecule has 10 heteroatoms. The summed E-state index contributed by atoms with van der Waals surface area (Å²) in [7, 11) is -3.88. The molecule has 0 radical (unpaired) electrons. The molecule has 0 bridgehead atoms. The lowest BCUT2D eigenvalue weighted by Gasteiger charge is -2.22. The topological polar surface area (TPSA) is 119 Å². The van der Waals surface area contributed by atoms with E-state index in [0.717, 1.165) is 11.3 Å². The number of amides is 1. The van der Waals surface area contributed by atoms with E-state index in [1.54, 1.807) is 24.3 Å². The van der Waals surface area contributed by atoms with E-state index in [2.05, 4.69) is 25.2 Å². The molecule has 0 aliphatic heterocycles. The lowest BCUT2D eigenvalue weighted by Crippen LogP contribution is -2.36. The van der Waals surface area contributed by atoms with Gasteiger partial charge in [0.05, 0.1) is 0 Å². The summed E-state index contributed by atoms with van der Waals surface area (Å²) in [4.78, 5) is 16.8. The number of aryl methyl sites for hydroxylation is 2. The number of carbonyl (C=O) groups excluding carboxylic acids is 1. The Bertz CT molecular complexity index is 1130. The second-order valence-corrected chi connectivity index (χ2v) is 9.10. The normalized spacial score (nSPS) is 13.0. The number of hydrogen-bond donors (Lipinski definition) is 1. The number of hydrogen-bond acceptors (Lipinski definition) is 7. The van der Waals surface area contributed by atoms with Crippen LogP contribution in [0.25, 0.3) is 5.78 Å². The first-order valence-corrected chi connectivity index (χ1v) is 10.9. The highest BCUT2D eigenvalue weighted by Gasteiger charge is 2.31. The second kappa shape index (κ2) is 8.24. The van der Waals surface area contributed by atoms with Gasteiger partial charge in [-0.2, -0.15) is 4.52 Å². The SMILES string of the molecule is Cc1nc2nnnn2c(C)c1CCC(=O)NS(=O)(=O)C(c1ccccc1)C(C)C. The Hall–Kier alpha value is -2.88. The largest absolute Gasteiger partial charge is 0.274 e. The Balaban J connectivity index is 1.75. The molecule has 3 rings (SSSR count). The van der Waals surface area contributed by atoms with E-state index in [9.17, 15) is 13.2 Å². The molecule has 0 saturated heterocycles. The molecule has 2 aromatic heterocycles. The van der Waals surface area contributed by atoms with Gasteiger partial charge in [0.1, 0.15) is 5.25 Å². The van der Waals surface area contributed by atoms with Crippen molar-refractivity contribution < 1.29 is 13.2 Å². The zero-order valence-electron chi connectivity index (χ0n) is 16.8. The van der Waals surface area contributed by atoms with Crippen molar-refractivity contribution in [3.8, 4) is 0 Å². The average Bonchev–Trinajstić information content (AvgIpc) is 3.10. The average molecular weight is 417 g/mol. The number of nitrogens with one attached hydrogen (secondary N) is 1.